The van der Waals surface area contributed by atoms with Gasteiger partial charge >= 0.3 is 0 Å². The average Bonchev–Trinajstić information content (AvgIpc) is 2.70. The second-order valence-corrected chi connectivity index (χ2v) is 5.86. The Balaban J connectivity index is 1.68. The van der Waals surface area contributed by atoms with Gasteiger partial charge in [-0.05, 0) is 35.9 Å². The average molecular weight is 358 g/mol. The van der Waals surface area contributed by atoms with Gasteiger partial charge in [-0.3, -0.25) is 14.6 Å². The number of para-hydroxylation sites is 1. The maximum Gasteiger partial charge on any atom is 0.274 e. The molecule has 7 nitrogen and oxygen atoms in total. The molecule has 1 amide bonds. The van der Waals surface area contributed by atoms with Crippen molar-refractivity contribution in [2.45, 2.75) is 0 Å². The zero-order valence-electron chi connectivity index (χ0n) is 14.0. The largest absolute Gasteiger partial charge is 0.507 e. The normalized spacial score (nSPS) is 10.7. The molecular weight excluding hydrogens is 344 g/mol. The Kier molecular flexibility index (Phi) is 4.10. The van der Waals surface area contributed by atoms with Crippen molar-refractivity contribution in [3.63, 3.8) is 0 Å². The van der Waals surface area contributed by atoms with Crippen molar-refractivity contribution < 1.29 is 9.90 Å². The molecule has 3 aromatic heterocycles. The van der Waals surface area contributed by atoms with Gasteiger partial charge in [-0.15, -0.1) is 0 Å². The van der Waals surface area contributed by atoms with E-state index in [-0.39, 0.29) is 17.1 Å². The summed E-state index contributed by atoms with van der Waals surface area (Å²) in [6, 6.07) is 13.4. The van der Waals surface area contributed by atoms with Crippen LogP contribution in [0.15, 0.2) is 71.9 Å². The van der Waals surface area contributed by atoms with E-state index in [1.165, 1.54) is 6.07 Å². The van der Waals surface area contributed by atoms with Gasteiger partial charge in [0.2, 0.25) is 0 Å². The number of benzene rings is 1. The smallest absolute Gasteiger partial charge is 0.274 e. The van der Waals surface area contributed by atoms with E-state index in [9.17, 15) is 14.7 Å². The summed E-state index contributed by atoms with van der Waals surface area (Å²) in [6.07, 6.45) is 4.84. The highest BCUT2D eigenvalue weighted by molar-refractivity contribution is 6.05. The Labute approximate surface area is 153 Å². The van der Waals surface area contributed by atoms with Crippen LogP contribution in [0.25, 0.3) is 22.0 Å². The number of rotatable bonds is 3. The summed E-state index contributed by atoms with van der Waals surface area (Å²) in [5.74, 6) is -0.640. The fourth-order valence-electron chi connectivity index (χ4n) is 2.75. The maximum atomic E-state index is 12.6. The number of H-pyrrole nitrogens is 1. The quantitative estimate of drug-likeness (QED) is 0.522. The van der Waals surface area contributed by atoms with Crippen molar-refractivity contribution in [2.75, 3.05) is 5.32 Å². The Morgan fingerprint density at radius 3 is 2.63 bits per heavy atom. The highest BCUT2D eigenvalue weighted by Gasteiger charge is 2.14. The molecule has 7 heteroatoms. The van der Waals surface area contributed by atoms with Crippen LogP contribution >= 0.6 is 0 Å². The first-order chi connectivity index (χ1) is 13.1. The van der Waals surface area contributed by atoms with E-state index >= 15 is 0 Å². The SMILES string of the molecule is O=C(Nc1cc(-c2ccncc2)c[nH]c1=O)c1cc(O)c2ccccc2n1. The number of pyridine rings is 3. The third kappa shape index (κ3) is 3.25. The highest BCUT2D eigenvalue weighted by Crippen LogP contribution is 2.24. The van der Waals surface area contributed by atoms with Crippen molar-refractivity contribution in [2.24, 2.45) is 0 Å². The number of amides is 1. The van der Waals surface area contributed by atoms with Crippen molar-refractivity contribution in [3.8, 4) is 16.9 Å². The second-order valence-electron chi connectivity index (χ2n) is 5.86. The molecule has 0 bridgehead atoms. The van der Waals surface area contributed by atoms with Crippen molar-refractivity contribution in [1.29, 1.82) is 0 Å². The molecule has 0 saturated carbocycles. The molecule has 0 atom stereocenters. The van der Waals surface area contributed by atoms with Gasteiger partial charge in [0.1, 0.15) is 17.1 Å². The number of nitrogens with one attached hydrogen (secondary N) is 2. The lowest BCUT2D eigenvalue weighted by molar-refractivity contribution is 0.102. The molecule has 0 spiro atoms. The first kappa shape index (κ1) is 16.5. The van der Waals surface area contributed by atoms with E-state index in [2.05, 4.69) is 20.3 Å². The number of hydrogen-bond donors (Lipinski definition) is 3. The predicted molar refractivity (Wildman–Crippen MR) is 102 cm³/mol. The molecule has 0 fully saturated rings. The van der Waals surface area contributed by atoms with E-state index in [4.69, 9.17) is 0 Å². The number of carbonyl (C=O) groups is 1. The third-order valence-corrected chi connectivity index (χ3v) is 4.09. The number of fused-ring (bicyclic) bond motifs is 1. The Morgan fingerprint density at radius 2 is 1.81 bits per heavy atom. The van der Waals surface area contributed by atoms with Gasteiger partial charge in [0.05, 0.1) is 5.52 Å². The monoisotopic (exact) mass is 358 g/mol. The van der Waals surface area contributed by atoms with Gasteiger partial charge in [-0.2, -0.15) is 0 Å². The van der Waals surface area contributed by atoms with Crippen LogP contribution < -0.4 is 10.9 Å². The molecule has 4 aromatic rings. The van der Waals surface area contributed by atoms with Crippen molar-refractivity contribution in [1.82, 2.24) is 15.0 Å². The number of aromatic nitrogens is 3. The van der Waals surface area contributed by atoms with Crippen molar-refractivity contribution >= 4 is 22.5 Å². The van der Waals surface area contributed by atoms with Gasteiger partial charge in [-0.1, -0.05) is 12.1 Å². The standard InChI is InChI=1S/C20H14N4O3/c25-18-10-17(23-15-4-2-1-3-14(15)18)20(27)24-16-9-13(11-22-19(16)26)12-5-7-21-8-6-12/h1-11H,(H,22,26)(H,23,25)(H,24,27). The first-order valence-electron chi connectivity index (χ1n) is 8.15. The summed E-state index contributed by atoms with van der Waals surface area (Å²) < 4.78 is 0. The zero-order valence-corrected chi connectivity index (χ0v) is 14.0. The molecule has 4 rings (SSSR count). The fourth-order valence-corrected chi connectivity index (χ4v) is 2.75. The van der Waals surface area contributed by atoms with Crippen LogP contribution in [0.3, 0.4) is 0 Å². The van der Waals surface area contributed by atoms with Crippen LogP contribution in [0.1, 0.15) is 10.5 Å². The summed E-state index contributed by atoms with van der Waals surface area (Å²) in [5.41, 5.74) is 1.72. The Bertz CT molecular complexity index is 1200. The van der Waals surface area contributed by atoms with Crippen molar-refractivity contribution in [3.05, 3.63) is 83.2 Å². The number of nitrogens with zero attached hydrogens (tertiary/aromatic N) is 2. The summed E-state index contributed by atoms with van der Waals surface area (Å²) in [4.78, 5) is 35.5. The lowest BCUT2D eigenvalue weighted by Crippen LogP contribution is -2.20. The van der Waals surface area contributed by atoms with Crippen LogP contribution in [0.5, 0.6) is 5.75 Å². The van der Waals surface area contributed by atoms with Crippen LogP contribution in [-0.2, 0) is 0 Å². The molecule has 0 radical (unpaired) electrons. The number of hydrogen-bond acceptors (Lipinski definition) is 5. The molecule has 132 valence electrons. The predicted octanol–water partition coefficient (Wildman–Crippen LogP) is 2.94. The van der Waals surface area contributed by atoms with Crippen LogP contribution in [0.2, 0.25) is 0 Å². The zero-order chi connectivity index (χ0) is 18.8. The van der Waals surface area contributed by atoms with Crippen LogP contribution in [0, 0.1) is 0 Å². The minimum absolute atomic E-state index is 0.0138. The Hall–Kier alpha value is -4.00. The van der Waals surface area contributed by atoms with E-state index in [1.54, 1.807) is 61.1 Å². The third-order valence-electron chi connectivity index (χ3n) is 4.09. The van der Waals surface area contributed by atoms with Gasteiger partial charge in [-0.25, -0.2) is 4.98 Å². The molecule has 3 N–H and O–H groups in total. The van der Waals surface area contributed by atoms with E-state index in [0.29, 0.717) is 10.9 Å². The molecular formula is C20H14N4O3. The summed E-state index contributed by atoms with van der Waals surface area (Å²) >= 11 is 0. The Morgan fingerprint density at radius 1 is 1.04 bits per heavy atom. The molecule has 0 aliphatic carbocycles. The second kappa shape index (κ2) is 6.72. The van der Waals surface area contributed by atoms with Crippen LogP contribution in [-0.4, -0.2) is 26.0 Å². The topological polar surface area (TPSA) is 108 Å². The summed E-state index contributed by atoms with van der Waals surface area (Å²) in [7, 11) is 0. The maximum absolute atomic E-state index is 12.6. The van der Waals surface area contributed by atoms with Crippen LogP contribution in [0.4, 0.5) is 5.69 Å². The van der Waals surface area contributed by atoms with Gasteiger partial charge in [0.25, 0.3) is 11.5 Å². The van der Waals surface area contributed by atoms with Gasteiger partial charge in [0, 0.05) is 35.6 Å². The number of aromatic amines is 1. The molecule has 27 heavy (non-hydrogen) atoms. The highest BCUT2D eigenvalue weighted by atomic mass is 16.3. The minimum atomic E-state index is -0.589. The molecule has 0 unspecified atom stereocenters. The lowest BCUT2D eigenvalue weighted by Gasteiger charge is -2.08. The first-order valence-corrected chi connectivity index (χ1v) is 8.15. The number of aromatic hydroxyl groups is 1. The fraction of sp³-hybridized carbons (Fsp3) is 0. The molecule has 0 aliphatic heterocycles. The number of anilines is 1. The lowest BCUT2D eigenvalue weighted by atomic mass is 10.1. The molecule has 0 aliphatic rings. The van der Waals surface area contributed by atoms with Gasteiger partial charge < -0.3 is 15.4 Å². The minimum Gasteiger partial charge on any atom is -0.507 e. The summed E-state index contributed by atoms with van der Waals surface area (Å²) in [5, 5.41) is 13.2. The van der Waals surface area contributed by atoms with E-state index in [0.717, 1.165) is 11.1 Å². The molecule has 1 aromatic carbocycles. The van der Waals surface area contributed by atoms with E-state index in [1.807, 2.05) is 0 Å². The number of carbonyl (C=O) groups excluding carboxylic acids is 1. The summed E-state index contributed by atoms with van der Waals surface area (Å²) in [6.45, 7) is 0. The molecule has 3 heterocycles. The molecule has 0 saturated heterocycles. The van der Waals surface area contributed by atoms with E-state index < -0.39 is 11.5 Å². The van der Waals surface area contributed by atoms with Gasteiger partial charge in [0.15, 0.2) is 0 Å².